The van der Waals surface area contributed by atoms with E-state index in [4.69, 9.17) is 9.15 Å². The second kappa shape index (κ2) is 8.41. The first-order chi connectivity index (χ1) is 13.7. The Morgan fingerprint density at radius 1 is 1.21 bits per heavy atom. The molecule has 0 radical (unpaired) electrons. The molecule has 1 N–H and O–H groups in total. The molecule has 2 heterocycles. The molecule has 2 aromatic heterocycles. The molecule has 9 heteroatoms. The fourth-order valence-corrected chi connectivity index (χ4v) is 3.71. The van der Waals surface area contributed by atoms with Crippen LogP contribution in [0.4, 0.5) is 5.13 Å². The summed E-state index contributed by atoms with van der Waals surface area (Å²) in [5.41, 5.74) is 0. The lowest BCUT2D eigenvalue weighted by Crippen LogP contribution is -2.13. The summed E-state index contributed by atoms with van der Waals surface area (Å²) in [7, 11) is 0. The van der Waals surface area contributed by atoms with Gasteiger partial charge in [-0.1, -0.05) is 42.1 Å². The Hall–Kier alpha value is -2.91. The number of aryl methyl sites for hydroxylation is 1. The van der Waals surface area contributed by atoms with Crippen LogP contribution in [-0.2, 0) is 11.4 Å². The number of nitrogens with one attached hydrogen (secondary N) is 1. The number of amides is 1. The molecule has 0 fully saturated rings. The van der Waals surface area contributed by atoms with Gasteiger partial charge in [0.05, 0.1) is 5.75 Å². The molecular formula is C19H16N4O3S2. The van der Waals surface area contributed by atoms with Crippen molar-refractivity contribution in [2.75, 3.05) is 11.1 Å². The van der Waals surface area contributed by atoms with Crippen molar-refractivity contribution in [2.24, 2.45) is 0 Å². The fraction of sp³-hybridized carbons (Fsp3) is 0.158. The minimum absolute atomic E-state index is 0.159. The maximum atomic E-state index is 11.9. The summed E-state index contributed by atoms with van der Waals surface area (Å²) in [4.78, 5) is 17.1. The number of hydrogen-bond donors (Lipinski definition) is 1. The molecule has 4 rings (SSSR count). The first-order valence-corrected chi connectivity index (χ1v) is 10.2. The van der Waals surface area contributed by atoms with E-state index in [0.717, 1.165) is 21.4 Å². The number of carbonyl (C=O) groups excluding carboxylic acids is 1. The van der Waals surface area contributed by atoms with Crippen molar-refractivity contribution >= 4 is 44.9 Å². The molecule has 0 saturated carbocycles. The zero-order valence-corrected chi connectivity index (χ0v) is 16.5. The highest BCUT2D eigenvalue weighted by Crippen LogP contribution is 2.22. The lowest BCUT2D eigenvalue weighted by atomic mass is 10.1. The smallest absolute Gasteiger partial charge is 0.277 e. The van der Waals surface area contributed by atoms with Crippen LogP contribution in [0, 0.1) is 6.92 Å². The van der Waals surface area contributed by atoms with Gasteiger partial charge in [-0.2, -0.15) is 0 Å². The predicted octanol–water partition coefficient (Wildman–Crippen LogP) is 4.30. The van der Waals surface area contributed by atoms with Crippen molar-refractivity contribution in [2.45, 2.75) is 18.8 Å². The van der Waals surface area contributed by atoms with Crippen LogP contribution in [0.3, 0.4) is 0 Å². The molecule has 7 nitrogen and oxygen atoms in total. The highest BCUT2D eigenvalue weighted by molar-refractivity contribution is 7.99. The number of anilines is 1. The van der Waals surface area contributed by atoms with Crippen LogP contribution >= 0.6 is 23.1 Å². The summed E-state index contributed by atoms with van der Waals surface area (Å²) in [6.45, 7) is 2.10. The average molecular weight is 412 g/mol. The molecule has 0 aliphatic carbocycles. The summed E-state index contributed by atoms with van der Waals surface area (Å²) in [5.74, 6) is 1.06. The molecule has 4 aromatic rings. The average Bonchev–Trinajstić information content (AvgIpc) is 3.33. The van der Waals surface area contributed by atoms with Gasteiger partial charge in [0.25, 0.3) is 11.1 Å². The van der Waals surface area contributed by atoms with Crippen LogP contribution in [0.2, 0.25) is 0 Å². The van der Waals surface area contributed by atoms with Gasteiger partial charge in [-0.3, -0.25) is 4.79 Å². The zero-order valence-electron chi connectivity index (χ0n) is 14.9. The van der Waals surface area contributed by atoms with E-state index < -0.39 is 0 Å². The fourth-order valence-electron chi connectivity index (χ4n) is 2.45. The summed E-state index contributed by atoms with van der Waals surface area (Å²) >= 11 is 2.59. The van der Waals surface area contributed by atoms with Crippen LogP contribution in [0.25, 0.3) is 10.8 Å². The lowest BCUT2D eigenvalue weighted by molar-refractivity contribution is -0.113. The quantitative estimate of drug-likeness (QED) is 0.453. The first-order valence-electron chi connectivity index (χ1n) is 8.45. The van der Waals surface area contributed by atoms with Crippen LogP contribution < -0.4 is 10.1 Å². The van der Waals surface area contributed by atoms with E-state index >= 15 is 0 Å². The van der Waals surface area contributed by atoms with Gasteiger partial charge < -0.3 is 14.5 Å². The number of thiazole rings is 1. The number of hydrogen-bond acceptors (Lipinski definition) is 8. The van der Waals surface area contributed by atoms with E-state index in [-0.39, 0.29) is 18.3 Å². The SMILES string of the molecule is Cc1cnc(NC(=O)CSc2nnc(COc3ccc4ccccc4c3)o2)s1. The van der Waals surface area contributed by atoms with Gasteiger partial charge in [0.15, 0.2) is 11.7 Å². The van der Waals surface area contributed by atoms with Gasteiger partial charge in [-0.25, -0.2) is 4.98 Å². The Bertz CT molecular complexity index is 1110. The minimum atomic E-state index is -0.175. The van der Waals surface area contributed by atoms with Crippen molar-refractivity contribution in [3.05, 3.63) is 59.4 Å². The molecule has 0 unspecified atom stereocenters. The maximum absolute atomic E-state index is 11.9. The molecule has 0 aliphatic heterocycles. The van der Waals surface area contributed by atoms with Gasteiger partial charge in [0.2, 0.25) is 5.91 Å². The predicted molar refractivity (Wildman–Crippen MR) is 109 cm³/mol. The van der Waals surface area contributed by atoms with E-state index in [2.05, 4.69) is 20.5 Å². The van der Waals surface area contributed by atoms with E-state index in [1.807, 2.05) is 49.4 Å². The summed E-state index contributed by atoms with van der Waals surface area (Å²) < 4.78 is 11.2. The van der Waals surface area contributed by atoms with Crippen LogP contribution in [-0.4, -0.2) is 26.8 Å². The number of benzene rings is 2. The third-order valence-corrected chi connectivity index (χ3v) is 5.37. The molecule has 0 aliphatic rings. The van der Waals surface area contributed by atoms with E-state index in [1.54, 1.807) is 6.20 Å². The lowest BCUT2D eigenvalue weighted by Gasteiger charge is -2.04. The third kappa shape index (κ3) is 4.68. The van der Waals surface area contributed by atoms with Gasteiger partial charge in [0, 0.05) is 11.1 Å². The van der Waals surface area contributed by atoms with Gasteiger partial charge in [0.1, 0.15) is 5.75 Å². The van der Waals surface area contributed by atoms with E-state index in [0.29, 0.717) is 16.2 Å². The maximum Gasteiger partial charge on any atom is 0.277 e. The van der Waals surface area contributed by atoms with Crippen LogP contribution in [0.1, 0.15) is 10.8 Å². The Labute approximate surface area is 169 Å². The van der Waals surface area contributed by atoms with Crippen molar-refractivity contribution < 1.29 is 13.9 Å². The molecule has 0 saturated heterocycles. The van der Waals surface area contributed by atoms with Crippen molar-refractivity contribution in [3.8, 4) is 5.75 Å². The van der Waals surface area contributed by atoms with Gasteiger partial charge in [-0.15, -0.1) is 21.5 Å². The Kier molecular flexibility index (Phi) is 5.54. The third-order valence-electron chi connectivity index (χ3n) is 3.73. The zero-order chi connectivity index (χ0) is 19.3. The molecule has 0 spiro atoms. The van der Waals surface area contributed by atoms with E-state index in [1.165, 1.54) is 23.1 Å². The highest BCUT2D eigenvalue weighted by atomic mass is 32.2. The van der Waals surface area contributed by atoms with Crippen molar-refractivity contribution in [1.29, 1.82) is 0 Å². The molecule has 142 valence electrons. The summed E-state index contributed by atoms with van der Waals surface area (Å²) in [6.07, 6.45) is 1.72. The van der Waals surface area contributed by atoms with E-state index in [9.17, 15) is 4.79 Å². The molecule has 2 aromatic carbocycles. The largest absolute Gasteiger partial charge is 0.484 e. The Balaban J connectivity index is 1.28. The van der Waals surface area contributed by atoms with Crippen molar-refractivity contribution in [1.82, 2.24) is 15.2 Å². The van der Waals surface area contributed by atoms with Gasteiger partial charge in [-0.05, 0) is 29.8 Å². The number of rotatable bonds is 7. The topological polar surface area (TPSA) is 90.1 Å². The standard InChI is InChI=1S/C19H16N4O3S2/c1-12-9-20-18(28-12)21-16(24)11-27-19-23-22-17(26-19)10-25-15-7-6-13-4-2-3-5-14(13)8-15/h2-9H,10-11H2,1H3,(H,20,21,24). The van der Waals surface area contributed by atoms with Crippen LogP contribution in [0.15, 0.2) is 58.3 Å². The highest BCUT2D eigenvalue weighted by Gasteiger charge is 2.11. The molecule has 28 heavy (non-hydrogen) atoms. The van der Waals surface area contributed by atoms with Crippen LogP contribution in [0.5, 0.6) is 5.75 Å². The molecule has 0 atom stereocenters. The molecule has 0 bridgehead atoms. The number of thioether (sulfide) groups is 1. The Morgan fingerprint density at radius 3 is 2.89 bits per heavy atom. The second-order valence-corrected chi connectivity index (χ2v) is 8.03. The van der Waals surface area contributed by atoms with Crippen molar-refractivity contribution in [3.63, 3.8) is 0 Å². The normalized spacial score (nSPS) is 10.9. The van der Waals surface area contributed by atoms with Gasteiger partial charge >= 0.3 is 0 Å². The number of aromatic nitrogens is 3. The Morgan fingerprint density at radius 2 is 2.07 bits per heavy atom. The number of nitrogens with zero attached hydrogens (tertiary/aromatic N) is 3. The molecule has 1 amide bonds. The monoisotopic (exact) mass is 412 g/mol. The minimum Gasteiger partial charge on any atom is -0.484 e. The number of ether oxygens (including phenoxy) is 1. The summed E-state index contributed by atoms with van der Waals surface area (Å²) in [6, 6.07) is 13.9. The summed E-state index contributed by atoms with van der Waals surface area (Å²) in [5, 5.41) is 13.8. The molecular weight excluding hydrogens is 396 g/mol. The first kappa shape index (κ1) is 18.5. The number of fused-ring (bicyclic) bond motifs is 1. The number of carbonyl (C=O) groups is 1. The second-order valence-electron chi connectivity index (χ2n) is 5.87.